The molecule has 2 aromatic carbocycles. The van der Waals surface area contributed by atoms with Crippen molar-refractivity contribution >= 4 is 44.7 Å². The molecule has 0 bridgehead atoms. The smallest absolute Gasteiger partial charge is 0.321 e. The number of amides is 1. The van der Waals surface area contributed by atoms with Gasteiger partial charge in [0.2, 0.25) is 0 Å². The van der Waals surface area contributed by atoms with E-state index in [1.54, 1.807) is 6.92 Å². The molecule has 10 heteroatoms. The Labute approximate surface area is 189 Å². The van der Waals surface area contributed by atoms with E-state index < -0.39 is 22.7 Å². The van der Waals surface area contributed by atoms with Gasteiger partial charge in [0.05, 0.1) is 33.7 Å². The van der Waals surface area contributed by atoms with Gasteiger partial charge in [-0.2, -0.15) is 13.2 Å². The number of thiophene rings is 1. The molecule has 4 rings (SSSR count). The number of fused-ring (bicyclic) bond motifs is 1. The highest BCUT2D eigenvalue weighted by atomic mass is 35.5. The van der Waals surface area contributed by atoms with E-state index in [2.05, 4.69) is 10.3 Å². The Hall–Kier alpha value is -3.17. The highest BCUT2D eigenvalue weighted by molar-refractivity contribution is 7.20. The van der Waals surface area contributed by atoms with Gasteiger partial charge in [0.15, 0.2) is 0 Å². The quantitative estimate of drug-likeness (QED) is 0.407. The number of aromatic nitrogens is 2. The van der Waals surface area contributed by atoms with Crippen LogP contribution < -0.4 is 10.9 Å². The molecule has 0 radical (unpaired) electrons. The molecule has 1 amide bonds. The largest absolute Gasteiger partial charge is 0.417 e. The Kier molecular flexibility index (Phi) is 5.79. The number of rotatable bonds is 4. The molecular weight excluding hydrogens is 463 g/mol. The molecule has 32 heavy (non-hydrogen) atoms. The van der Waals surface area contributed by atoms with Crippen LogP contribution in [0, 0.1) is 6.92 Å². The molecule has 0 aliphatic heterocycles. The zero-order valence-corrected chi connectivity index (χ0v) is 18.1. The third-order valence-corrected chi connectivity index (χ3v) is 6.38. The van der Waals surface area contributed by atoms with Gasteiger partial charge in [0, 0.05) is 5.69 Å². The first-order valence-corrected chi connectivity index (χ1v) is 10.5. The fourth-order valence-electron chi connectivity index (χ4n) is 3.28. The second kappa shape index (κ2) is 8.40. The monoisotopic (exact) mass is 477 g/mol. The molecule has 0 fully saturated rings. The van der Waals surface area contributed by atoms with E-state index in [1.807, 2.05) is 30.3 Å². The zero-order chi connectivity index (χ0) is 23.0. The molecule has 0 aliphatic rings. The summed E-state index contributed by atoms with van der Waals surface area (Å²) in [4.78, 5) is 30.7. The van der Waals surface area contributed by atoms with Crippen LogP contribution in [0.3, 0.4) is 0 Å². The van der Waals surface area contributed by atoms with Gasteiger partial charge >= 0.3 is 6.18 Å². The maximum Gasteiger partial charge on any atom is 0.417 e. The number of aryl methyl sites for hydroxylation is 1. The van der Waals surface area contributed by atoms with Crippen LogP contribution in [0.15, 0.2) is 59.7 Å². The van der Waals surface area contributed by atoms with Crippen LogP contribution in [0.4, 0.5) is 18.9 Å². The molecule has 0 unspecified atom stereocenters. The SMILES string of the molecule is Cc1c(C(=O)Nc2ccc(Cl)c(C(F)(F)F)c2)sc2ncn(Cc3ccccc3)c(=O)c12. The Bertz CT molecular complexity index is 1380. The number of benzene rings is 2. The van der Waals surface area contributed by atoms with Gasteiger partial charge in [-0.05, 0) is 36.2 Å². The minimum Gasteiger partial charge on any atom is -0.321 e. The van der Waals surface area contributed by atoms with Gasteiger partial charge in [-0.1, -0.05) is 41.9 Å². The summed E-state index contributed by atoms with van der Waals surface area (Å²) in [5, 5.41) is 2.30. The van der Waals surface area contributed by atoms with Crippen LogP contribution in [-0.2, 0) is 12.7 Å². The second-order valence-corrected chi connectivity index (χ2v) is 8.45. The molecule has 4 aromatic rings. The highest BCUT2D eigenvalue weighted by Gasteiger charge is 2.33. The highest BCUT2D eigenvalue weighted by Crippen LogP contribution is 2.36. The second-order valence-electron chi connectivity index (χ2n) is 7.05. The maximum atomic E-state index is 13.1. The van der Waals surface area contributed by atoms with Crippen molar-refractivity contribution in [3.05, 3.63) is 91.8 Å². The first-order valence-electron chi connectivity index (χ1n) is 9.35. The molecule has 0 saturated heterocycles. The van der Waals surface area contributed by atoms with Gasteiger partial charge in [0.25, 0.3) is 11.5 Å². The summed E-state index contributed by atoms with van der Waals surface area (Å²) in [6, 6.07) is 12.5. The lowest BCUT2D eigenvalue weighted by molar-refractivity contribution is -0.137. The van der Waals surface area contributed by atoms with Crippen LogP contribution in [0.25, 0.3) is 10.2 Å². The van der Waals surface area contributed by atoms with E-state index in [0.29, 0.717) is 22.3 Å². The first-order chi connectivity index (χ1) is 15.1. The van der Waals surface area contributed by atoms with E-state index in [-0.39, 0.29) is 16.1 Å². The number of carbonyl (C=O) groups excluding carboxylic acids is 1. The Morgan fingerprint density at radius 3 is 2.59 bits per heavy atom. The normalized spacial score (nSPS) is 11.7. The maximum absolute atomic E-state index is 13.1. The Morgan fingerprint density at radius 1 is 1.19 bits per heavy atom. The number of halogens is 4. The van der Waals surface area contributed by atoms with Gasteiger partial charge in [-0.3, -0.25) is 14.2 Å². The van der Waals surface area contributed by atoms with Gasteiger partial charge in [-0.25, -0.2) is 4.98 Å². The van der Waals surface area contributed by atoms with E-state index in [0.717, 1.165) is 29.0 Å². The first kappa shape index (κ1) is 22.0. The third kappa shape index (κ3) is 4.26. The minimum atomic E-state index is -4.65. The van der Waals surface area contributed by atoms with Crippen LogP contribution in [0.1, 0.15) is 26.4 Å². The Morgan fingerprint density at radius 2 is 1.91 bits per heavy atom. The summed E-state index contributed by atoms with van der Waals surface area (Å²) >= 11 is 6.64. The number of hydrogen-bond acceptors (Lipinski definition) is 4. The summed E-state index contributed by atoms with van der Waals surface area (Å²) in [6.45, 7) is 1.94. The summed E-state index contributed by atoms with van der Waals surface area (Å²) in [5.74, 6) is -0.630. The van der Waals surface area contributed by atoms with Crippen molar-refractivity contribution in [2.24, 2.45) is 0 Å². The summed E-state index contributed by atoms with van der Waals surface area (Å²) < 4.78 is 40.7. The topological polar surface area (TPSA) is 64.0 Å². The summed E-state index contributed by atoms with van der Waals surface area (Å²) in [6.07, 6.45) is -3.23. The minimum absolute atomic E-state index is 0.0574. The van der Waals surface area contributed by atoms with Crippen molar-refractivity contribution in [3.8, 4) is 0 Å². The van der Waals surface area contributed by atoms with Crippen molar-refractivity contribution in [1.29, 1.82) is 0 Å². The molecular formula is C22H15ClF3N3O2S. The van der Waals surface area contributed by atoms with Crippen molar-refractivity contribution < 1.29 is 18.0 Å². The van der Waals surface area contributed by atoms with E-state index in [9.17, 15) is 22.8 Å². The molecule has 2 heterocycles. The summed E-state index contributed by atoms with van der Waals surface area (Å²) in [5.41, 5.74) is -0.0525. The summed E-state index contributed by atoms with van der Waals surface area (Å²) in [7, 11) is 0. The van der Waals surface area contributed by atoms with Crippen molar-refractivity contribution in [1.82, 2.24) is 9.55 Å². The number of nitrogens with one attached hydrogen (secondary N) is 1. The molecule has 0 atom stereocenters. The lowest BCUT2D eigenvalue weighted by Gasteiger charge is -2.11. The molecule has 5 nitrogen and oxygen atoms in total. The van der Waals surface area contributed by atoms with E-state index in [1.165, 1.54) is 17.0 Å². The fraction of sp³-hybridized carbons (Fsp3) is 0.136. The van der Waals surface area contributed by atoms with Crippen LogP contribution in [-0.4, -0.2) is 15.5 Å². The fourth-order valence-corrected chi connectivity index (χ4v) is 4.54. The van der Waals surface area contributed by atoms with Gasteiger partial charge in [0.1, 0.15) is 4.83 Å². The molecule has 164 valence electrons. The zero-order valence-electron chi connectivity index (χ0n) is 16.5. The standard InChI is InChI=1S/C22H15ClF3N3O2S/c1-12-17-20(27-11-29(21(17)31)10-13-5-3-2-4-6-13)32-18(12)19(30)28-14-7-8-16(23)15(9-14)22(24,25)26/h2-9,11H,10H2,1H3,(H,28,30). The van der Waals surface area contributed by atoms with Crippen LogP contribution in [0.2, 0.25) is 5.02 Å². The van der Waals surface area contributed by atoms with Crippen LogP contribution >= 0.6 is 22.9 Å². The van der Waals surface area contributed by atoms with Crippen molar-refractivity contribution in [2.75, 3.05) is 5.32 Å². The Balaban J connectivity index is 1.67. The lowest BCUT2D eigenvalue weighted by Crippen LogP contribution is -2.21. The molecule has 2 aromatic heterocycles. The van der Waals surface area contributed by atoms with Crippen molar-refractivity contribution in [3.63, 3.8) is 0 Å². The van der Waals surface area contributed by atoms with E-state index >= 15 is 0 Å². The predicted octanol–water partition coefficient (Wildman–Crippen LogP) is 5.74. The van der Waals surface area contributed by atoms with E-state index in [4.69, 9.17) is 11.6 Å². The number of nitrogens with zero attached hydrogens (tertiary/aromatic N) is 2. The van der Waals surface area contributed by atoms with Gasteiger partial charge < -0.3 is 5.32 Å². The number of hydrogen-bond donors (Lipinski definition) is 1. The van der Waals surface area contributed by atoms with Crippen LogP contribution in [0.5, 0.6) is 0 Å². The number of carbonyl (C=O) groups is 1. The molecule has 0 aliphatic carbocycles. The van der Waals surface area contributed by atoms with Gasteiger partial charge in [-0.15, -0.1) is 11.3 Å². The average Bonchev–Trinajstić information content (AvgIpc) is 3.09. The lowest BCUT2D eigenvalue weighted by atomic mass is 10.1. The number of alkyl halides is 3. The van der Waals surface area contributed by atoms with Crippen molar-refractivity contribution in [2.45, 2.75) is 19.6 Å². The third-order valence-electron chi connectivity index (χ3n) is 4.85. The number of anilines is 1. The predicted molar refractivity (Wildman–Crippen MR) is 119 cm³/mol. The average molecular weight is 478 g/mol. The molecule has 0 saturated carbocycles. The molecule has 0 spiro atoms. The molecule has 1 N–H and O–H groups in total.